The first-order chi connectivity index (χ1) is 17.9. The molecule has 0 saturated carbocycles. The molecule has 2 amide bonds. The Balaban J connectivity index is 1.58. The molecule has 1 aliphatic rings. The van der Waals surface area contributed by atoms with Gasteiger partial charge in [-0.15, -0.1) is 0 Å². The average Bonchev–Trinajstić information content (AvgIpc) is 3.37. The van der Waals surface area contributed by atoms with Gasteiger partial charge in [-0.05, 0) is 42.0 Å². The number of ether oxygens (including phenoxy) is 3. The Morgan fingerprint density at radius 1 is 1.08 bits per heavy atom. The highest BCUT2D eigenvalue weighted by Gasteiger charge is 2.20. The molecule has 3 aromatic rings. The Kier molecular flexibility index (Phi) is 7.29. The van der Waals surface area contributed by atoms with Crippen molar-refractivity contribution in [1.82, 2.24) is 10.7 Å². The van der Waals surface area contributed by atoms with Crippen LogP contribution in [-0.2, 0) is 4.79 Å². The van der Waals surface area contributed by atoms with Gasteiger partial charge in [-0.1, -0.05) is 24.3 Å². The number of carbonyl (C=O) groups excluding carboxylic acids is 2. The molecule has 1 heterocycles. The fourth-order valence-electron chi connectivity index (χ4n) is 3.32. The Hall–Kier alpha value is -5.39. The Morgan fingerprint density at radius 3 is 2.57 bits per heavy atom. The van der Waals surface area contributed by atoms with E-state index in [9.17, 15) is 24.8 Å². The number of hydrogen-bond acceptors (Lipinski definition) is 9. The standard InChI is InChI=1S/C25H20N4O8/c1-35-22-12-16(10-19(23(22)30)29(33)34)13-26-28-25(32)18(27-24(31)17-5-3-2-4-6-17)9-15-7-8-20-21(11-15)37-14-36-20/h2-13,30H,14H2,1H3,(H,27,31)(H,28,32)/b18-9-,26-13-. The molecule has 188 valence electrons. The number of fused-ring (bicyclic) bond motifs is 1. The molecule has 0 bridgehead atoms. The van der Waals surface area contributed by atoms with Crippen LogP contribution in [0.25, 0.3) is 6.08 Å². The normalized spacial score (nSPS) is 12.3. The van der Waals surface area contributed by atoms with Gasteiger partial charge in [0, 0.05) is 17.2 Å². The number of aromatic hydroxyl groups is 1. The third-order valence-electron chi connectivity index (χ3n) is 5.11. The molecule has 3 N–H and O–H groups in total. The third-order valence-corrected chi connectivity index (χ3v) is 5.11. The Morgan fingerprint density at radius 2 is 1.84 bits per heavy atom. The summed E-state index contributed by atoms with van der Waals surface area (Å²) in [7, 11) is 1.24. The van der Waals surface area contributed by atoms with Crippen molar-refractivity contribution in [2.24, 2.45) is 5.10 Å². The summed E-state index contributed by atoms with van der Waals surface area (Å²) in [5.41, 5.74) is 2.62. The lowest BCUT2D eigenvalue weighted by atomic mass is 10.1. The van der Waals surface area contributed by atoms with Crippen molar-refractivity contribution in [3.05, 3.63) is 93.2 Å². The smallest absolute Gasteiger partial charge is 0.315 e. The van der Waals surface area contributed by atoms with Crippen LogP contribution in [0.5, 0.6) is 23.0 Å². The van der Waals surface area contributed by atoms with Crippen molar-refractivity contribution in [1.29, 1.82) is 0 Å². The number of nitrogens with one attached hydrogen (secondary N) is 2. The van der Waals surface area contributed by atoms with E-state index in [1.165, 1.54) is 19.3 Å². The first-order valence-electron chi connectivity index (χ1n) is 10.7. The van der Waals surface area contributed by atoms with E-state index in [4.69, 9.17) is 14.2 Å². The topological polar surface area (TPSA) is 162 Å². The van der Waals surface area contributed by atoms with Crippen LogP contribution in [0.3, 0.4) is 0 Å². The number of nitrogens with zero attached hydrogens (tertiary/aromatic N) is 2. The van der Waals surface area contributed by atoms with Crippen molar-refractivity contribution in [2.75, 3.05) is 13.9 Å². The van der Waals surface area contributed by atoms with Crippen LogP contribution in [0.15, 0.2) is 71.5 Å². The van der Waals surface area contributed by atoms with Gasteiger partial charge in [0.1, 0.15) is 5.70 Å². The second kappa shape index (κ2) is 10.9. The molecular weight excluding hydrogens is 484 g/mol. The number of amides is 2. The van der Waals surface area contributed by atoms with Gasteiger partial charge in [0.15, 0.2) is 17.2 Å². The first-order valence-corrected chi connectivity index (χ1v) is 10.7. The van der Waals surface area contributed by atoms with Crippen LogP contribution in [0, 0.1) is 10.1 Å². The second-order valence-corrected chi connectivity index (χ2v) is 7.54. The number of rotatable bonds is 8. The Labute approximate surface area is 209 Å². The number of phenols is 1. The molecule has 37 heavy (non-hydrogen) atoms. The van der Waals surface area contributed by atoms with Gasteiger partial charge < -0.3 is 24.6 Å². The number of methoxy groups -OCH3 is 1. The van der Waals surface area contributed by atoms with E-state index in [1.54, 1.807) is 48.5 Å². The van der Waals surface area contributed by atoms with Gasteiger partial charge >= 0.3 is 5.69 Å². The molecule has 0 spiro atoms. The molecule has 12 nitrogen and oxygen atoms in total. The summed E-state index contributed by atoms with van der Waals surface area (Å²) in [5.74, 6) is -1.01. The summed E-state index contributed by atoms with van der Waals surface area (Å²) in [5, 5.41) is 27.5. The van der Waals surface area contributed by atoms with Gasteiger partial charge in [-0.2, -0.15) is 5.10 Å². The number of carbonyl (C=O) groups is 2. The summed E-state index contributed by atoms with van der Waals surface area (Å²) >= 11 is 0. The maximum atomic E-state index is 13.0. The van der Waals surface area contributed by atoms with Crippen molar-refractivity contribution in [2.45, 2.75) is 0 Å². The molecule has 0 saturated heterocycles. The lowest BCUT2D eigenvalue weighted by Gasteiger charge is -2.09. The first kappa shape index (κ1) is 24.7. The SMILES string of the molecule is COc1cc(/C=N\NC(=O)/C(=C/c2ccc3c(c2)OCO3)NC(=O)c2ccccc2)cc([N+](=O)[O-])c1O. The molecule has 0 atom stereocenters. The summed E-state index contributed by atoms with van der Waals surface area (Å²) in [6.07, 6.45) is 2.56. The zero-order valence-electron chi connectivity index (χ0n) is 19.3. The largest absolute Gasteiger partial charge is 0.500 e. The van der Waals surface area contributed by atoms with Crippen LogP contribution in [0.4, 0.5) is 5.69 Å². The van der Waals surface area contributed by atoms with E-state index in [2.05, 4.69) is 15.8 Å². The molecule has 0 unspecified atom stereocenters. The van der Waals surface area contributed by atoms with Gasteiger partial charge in [-0.3, -0.25) is 19.7 Å². The minimum Gasteiger partial charge on any atom is -0.500 e. The van der Waals surface area contributed by atoms with Gasteiger partial charge in [-0.25, -0.2) is 5.43 Å². The van der Waals surface area contributed by atoms with E-state index in [0.717, 1.165) is 12.3 Å². The van der Waals surface area contributed by atoms with Crippen molar-refractivity contribution >= 4 is 29.8 Å². The zero-order valence-corrected chi connectivity index (χ0v) is 19.3. The highest BCUT2D eigenvalue weighted by molar-refractivity contribution is 6.05. The fourth-order valence-corrected chi connectivity index (χ4v) is 3.32. The summed E-state index contributed by atoms with van der Waals surface area (Å²) in [6.45, 7) is 0.0789. The van der Waals surface area contributed by atoms with Crippen LogP contribution in [0.2, 0.25) is 0 Å². The number of hydrazone groups is 1. The van der Waals surface area contributed by atoms with Gasteiger partial charge in [0.2, 0.25) is 12.5 Å². The predicted molar refractivity (Wildman–Crippen MR) is 132 cm³/mol. The summed E-state index contributed by atoms with van der Waals surface area (Å²) in [6, 6.07) is 15.7. The van der Waals surface area contributed by atoms with Gasteiger partial charge in [0.25, 0.3) is 11.8 Å². The molecule has 12 heteroatoms. The second-order valence-electron chi connectivity index (χ2n) is 7.54. The number of nitro benzene ring substituents is 1. The number of benzene rings is 3. The monoisotopic (exact) mass is 504 g/mol. The lowest BCUT2D eigenvalue weighted by Crippen LogP contribution is -2.32. The zero-order chi connectivity index (χ0) is 26.4. The highest BCUT2D eigenvalue weighted by atomic mass is 16.7. The average molecular weight is 504 g/mol. The van der Waals surface area contributed by atoms with Gasteiger partial charge in [0.05, 0.1) is 18.2 Å². The summed E-state index contributed by atoms with van der Waals surface area (Å²) < 4.78 is 15.6. The lowest BCUT2D eigenvalue weighted by molar-refractivity contribution is -0.386. The van der Waals surface area contributed by atoms with Crippen molar-refractivity contribution in [3.8, 4) is 23.0 Å². The molecule has 0 radical (unpaired) electrons. The fraction of sp³-hybridized carbons (Fsp3) is 0.0800. The molecule has 4 rings (SSSR count). The number of hydrogen-bond donors (Lipinski definition) is 3. The number of phenolic OH excluding ortho intramolecular Hbond substituents is 1. The Bertz CT molecular complexity index is 1420. The third kappa shape index (κ3) is 5.82. The molecule has 1 aliphatic heterocycles. The van der Waals surface area contributed by atoms with Crippen LogP contribution in [-0.4, -0.2) is 42.0 Å². The maximum absolute atomic E-state index is 13.0. The van der Waals surface area contributed by atoms with Crippen LogP contribution in [0.1, 0.15) is 21.5 Å². The quantitative estimate of drug-likeness (QED) is 0.183. The van der Waals surface area contributed by atoms with Crippen molar-refractivity contribution in [3.63, 3.8) is 0 Å². The molecule has 0 aliphatic carbocycles. The maximum Gasteiger partial charge on any atom is 0.315 e. The van der Waals surface area contributed by atoms with E-state index in [1.807, 2.05) is 0 Å². The minimum atomic E-state index is -0.779. The molecule has 3 aromatic carbocycles. The van der Waals surface area contributed by atoms with Crippen LogP contribution >= 0.6 is 0 Å². The predicted octanol–water partition coefficient (Wildman–Crippen LogP) is 2.96. The van der Waals surface area contributed by atoms with Crippen LogP contribution < -0.4 is 25.0 Å². The molecule has 0 aromatic heterocycles. The van der Waals surface area contributed by atoms with Crippen molar-refractivity contribution < 1.29 is 33.8 Å². The molecule has 0 fully saturated rings. The minimum absolute atomic E-state index is 0.0789. The summed E-state index contributed by atoms with van der Waals surface area (Å²) in [4.78, 5) is 36.1. The highest BCUT2D eigenvalue weighted by Crippen LogP contribution is 2.36. The number of nitro groups is 1. The molecular formula is C25H20N4O8. The van der Waals surface area contributed by atoms with E-state index < -0.39 is 28.2 Å². The van der Waals surface area contributed by atoms with E-state index in [-0.39, 0.29) is 23.8 Å². The van der Waals surface area contributed by atoms with E-state index in [0.29, 0.717) is 22.6 Å². The van der Waals surface area contributed by atoms with E-state index >= 15 is 0 Å².